The van der Waals surface area contributed by atoms with Crippen LogP contribution in [0.5, 0.6) is 0 Å². The monoisotopic (exact) mass is 297 g/mol. The highest BCUT2D eigenvalue weighted by molar-refractivity contribution is 7.99. The van der Waals surface area contributed by atoms with Crippen molar-refractivity contribution in [3.63, 3.8) is 0 Å². The van der Waals surface area contributed by atoms with E-state index in [1.54, 1.807) is 6.92 Å². The minimum Gasteiger partial charge on any atom is -0.373 e. The maximum atomic E-state index is 11.9. The molecule has 0 saturated heterocycles. The summed E-state index contributed by atoms with van der Waals surface area (Å²) in [4.78, 5) is 23.4. The quantitative estimate of drug-likeness (QED) is 0.776. The molecule has 0 spiro atoms. The lowest BCUT2D eigenvalue weighted by Gasteiger charge is -2.05. The van der Waals surface area contributed by atoms with Gasteiger partial charge < -0.3 is 14.8 Å². The van der Waals surface area contributed by atoms with Crippen molar-refractivity contribution >= 4 is 17.7 Å². The van der Waals surface area contributed by atoms with Crippen LogP contribution in [0.25, 0.3) is 0 Å². The zero-order valence-corrected chi connectivity index (χ0v) is 12.0. The minimum absolute atomic E-state index is 0.0373. The third-order valence-corrected chi connectivity index (χ3v) is 3.52. The molecular formula is C11H15N5O3S. The average molecular weight is 297 g/mol. The molecule has 0 bridgehead atoms. The molecule has 0 atom stereocenters. The zero-order chi connectivity index (χ0) is 14.7. The summed E-state index contributed by atoms with van der Waals surface area (Å²) < 4.78 is 7.60. The number of hydrogen-bond donors (Lipinski definition) is 1. The van der Waals surface area contributed by atoms with E-state index >= 15 is 0 Å². The number of aryl methyl sites for hydroxylation is 2. The smallest absolute Gasteiger partial charge is 0.290 e. The maximum absolute atomic E-state index is 11.9. The number of thioether (sulfide) groups is 1. The Morgan fingerprint density at radius 1 is 1.45 bits per heavy atom. The molecule has 2 heterocycles. The predicted octanol–water partition coefficient (Wildman–Crippen LogP) is 0.0408. The van der Waals surface area contributed by atoms with Crippen LogP contribution in [0.1, 0.15) is 16.4 Å². The number of aromatic nitrogens is 4. The highest BCUT2D eigenvalue weighted by atomic mass is 32.2. The molecule has 0 radical (unpaired) electrons. The van der Waals surface area contributed by atoms with E-state index in [1.165, 1.54) is 17.8 Å². The summed E-state index contributed by atoms with van der Waals surface area (Å²) in [5, 5.41) is 8.51. The summed E-state index contributed by atoms with van der Waals surface area (Å²) in [7, 11) is 0. The fraction of sp³-hybridized carbons (Fsp3) is 0.455. The van der Waals surface area contributed by atoms with Crippen LogP contribution in [0, 0.1) is 13.8 Å². The van der Waals surface area contributed by atoms with Gasteiger partial charge in [0.1, 0.15) is 11.6 Å². The van der Waals surface area contributed by atoms with Crippen LogP contribution in [-0.2, 0) is 6.54 Å². The van der Waals surface area contributed by atoms with Crippen LogP contribution < -0.4 is 11.3 Å². The van der Waals surface area contributed by atoms with E-state index in [1.807, 2.05) is 11.5 Å². The molecule has 0 aliphatic rings. The molecule has 0 aliphatic carbocycles. The molecule has 8 nitrogen and oxygen atoms in total. The average Bonchev–Trinajstić information content (AvgIpc) is 2.91. The molecule has 0 aliphatic heterocycles. The van der Waals surface area contributed by atoms with Gasteiger partial charge in [0.2, 0.25) is 0 Å². The van der Waals surface area contributed by atoms with Crippen molar-refractivity contribution in [3.8, 4) is 0 Å². The molecule has 2 N–H and O–H groups in total. The second kappa shape index (κ2) is 6.06. The normalized spacial score (nSPS) is 10.9. The first-order chi connectivity index (χ1) is 9.52. The van der Waals surface area contributed by atoms with E-state index < -0.39 is 11.5 Å². The first-order valence-electron chi connectivity index (χ1n) is 5.98. The zero-order valence-electron chi connectivity index (χ0n) is 11.2. The second-order valence-electron chi connectivity index (χ2n) is 4.13. The van der Waals surface area contributed by atoms with Gasteiger partial charge in [0.05, 0.1) is 5.75 Å². The molecule has 2 rings (SSSR count). The molecule has 20 heavy (non-hydrogen) atoms. The SMILES string of the molecule is Cc1cc(=O)n(C(=O)CSc2nnc(C)n2CCN)o1. The van der Waals surface area contributed by atoms with Crippen LogP contribution in [0.15, 0.2) is 20.5 Å². The molecule has 9 heteroatoms. The third-order valence-electron chi connectivity index (χ3n) is 2.57. The van der Waals surface area contributed by atoms with E-state index in [2.05, 4.69) is 10.2 Å². The van der Waals surface area contributed by atoms with E-state index in [0.717, 1.165) is 10.6 Å². The topological polar surface area (TPSA) is 109 Å². The van der Waals surface area contributed by atoms with Gasteiger partial charge in [-0.25, -0.2) is 0 Å². The van der Waals surface area contributed by atoms with Gasteiger partial charge >= 0.3 is 0 Å². The van der Waals surface area contributed by atoms with Gasteiger partial charge in [0.15, 0.2) is 5.16 Å². The number of carbonyl (C=O) groups excluding carboxylic acids is 1. The molecule has 0 fully saturated rings. The largest absolute Gasteiger partial charge is 0.373 e. The Kier molecular flexibility index (Phi) is 4.40. The lowest BCUT2D eigenvalue weighted by Crippen LogP contribution is -2.23. The predicted molar refractivity (Wildman–Crippen MR) is 72.9 cm³/mol. The Morgan fingerprint density at radius 3 is 2.80 bits per heavy atom. The number of carbonyl (C=O) groups is 1. The first kappa shape index (κ1) is 14.5. The van der Waals surface area contributed by atoms with Crippen molar-refractivity contribution in [1.82, 2.24) is 19.5 Å². The fourth-order valence-electron chi connectivity index (χ4n) is 1.66. The van der Waals surface area contributed by atoms with Crippen LogP contribution in [0.3, 0.4) is 0 Å². The Morgan fingerprint density at radius 2 is 2.20 bits per heavy atom. The molecule has 0 amide bonds. The van der Waals surface area contributed by atoms with Crippen molar-refractivity contribution < 1.29 is 9.32 Å². The van der Waals surface area contributed by atoms with Gasteiger partial charge in [-0.2, -0.15) is 0 Å². The molecule has 0 unspecified atom stereocenters. The van der Waals surface area contributed by atoms with Crippen molar-refractivity contribution in [2.75, 3.05) is 12.3 Å². The van der Waals surface area contributed by atoms with Gasteiger partial charge in [-0.15, -0.1) is 14.9 Å². The van der Waals surface area contributed by atoms with Crippen molar-refractivity contribution in [3.05, 3.63) is 28.0 Å². The molecule has 2 aromatic rings. The highest BCUT2D eigenvalue weighted by Gasteiger charge is 2.15. The molecule has 108 valence electrons. The highest BCUT2D eigenvalue weighted by Crippen LogP contribution is 2.16. The number of nitrogens with two attached hydrogens (primary N) is 1. The number of nitrogens with zero attached hydrogens (tertiary/aromatic N) is 4. The Bertz CT molecular complexity index is 672. The minimum atomic E-state index is -0.465. The molecule has 2 aromatic heterocycles. The number of hydrogen-bond acceptors (Lipinski definition) is 7. The van der Waals surface area contributed by atoms with E-state index in [-0.39, 0.29) is 5.75 Å². The fourth-order valence-corrected chi connectivity index (χ4v) is 2.51. The molecular weight excluding hydrogens is 282 g/mol. The Hall–Kier alpha value is -1.87. The van der Waals surface area contributed by atoms with Gasteiger partial charge in [0, 0.05) is 19.2 Å². The third kappa shape index (κ3) is 2.99. The van der Waals surface area contributed by atoms with Crippen LogP contribution in [0.4, 0.5) is 0 Å². The second-order valence-corrected chi connectivity index (χ2v) is 5.07. The summed E-state index contributed by atoms with van der Waals surface area (Å²) in [6, 6.07) is 1.27. The molecule has 0 aromatic carbocycles. The lowest BCUT2D eigenvalue weighted by atomic mass is 10.5. The summed E-state index contributed by atoms with van der Waals surface area (Å²) in [6.45, 7) is 4.46. The van der Waals surface area contributed by atoms with Gasteiger partial charge in [-0.1, -0.05) is 11.8 Å². The van der Waals surface area contributed by atoms with Crippen LogP contribution >= 0.6 is 11.8 Å². The van der Waals surface area contributed by atoms with Crippen LogP contribution in [-0.4, -0.2) is 37.7 Å². The lowest BCUT2D eigenvalue weighted by molar-refractivity contribution is 0.0813. The standard InChI is InChI=1S/C11H15N5O3S/c1-7-5-9(17)16(19-7)10(18)6-20-11-14-13-8(2)15(11)4-3-12/h5H,3-4,6,12H2,1-2H3. The van der Waals surface area contributed by atoms with Crippen molar-refractivity contribution in [2.24, 2.45) is 5.73 Å². The summed E-state index contributed by atoms with van der Waals surface area (Å²) >= 11 is 1.19. The molecule has 0 saturated carbocycles. The van der Waals surface area contributed by atoms with E-state index in [9.17, 15) is 9.59 Å². The summed E-state index contributed by atoms with van der Waals surface area (Å²) in [5.74, 6) is 0.732. The van der Waals surface area contributed by atoms with Gasteiger partial charge in [-0.05, 0) is 13.8 Å². The summed E-state index contributed by atoms with van der Waals surface area (Å²) in [6.07, 6.45) is 0. The van der Waals surface area contributed by atoms with Crippen molar-refractivity contribution in [2.45, 2.75) is 25.5 Å². The van der Waals surface area contributed by atoms with E-state index in [0.29, 0.717) is 24.0 Å². The summed E-state index contributed by atoms with van der Waals surface area (Å²) in [5.41, 5.74) is 5.05. The maximum Gasteiger partial charge on any atom is 0.290 e. The van der Waals surface area contributed by atoms with E-state index in [4.69, 9.17) is 10.3 Å². The van der Waals surface area contributed by atoms with Crippen molar-refractivity contribution in [1.29, 1.82) is 0 Å². The Balaban J connectivity index is 2.07. The Labute approximate surface area is 118 Å². The van der Waals surface area contributed by atoms with Crippen LogP contribution in [0.2, 0.25) is 0 Å². The van der Waals surface area contributed by atoms with Gasteiger partial charge in [-0.3, -0.25) is 9.59 Å². The number of rotatable bonds is 5. The first-order valence-corrected chi connectivity index (χ1v) is 6.97. The van der Waals surface area contributed by atoms with Gasteiger partial charge in [0.25, 0.3) is 11.5 Å².